The number of benzene rings is 2. The average Bonchev–Trinajstić information content (AvgIpc) is 2.35. The number of hydrogen-bond donors (Lipinski definition) is 2. The lowest BCUT2D eigenvalue weighted by Crippen LogP contribution is -2.01. The van der Waals surface area contributed by atoms with E-state index in [1.54, 1.807) is 0 Å². The van der Waals surface area contributed by atoms with E-state index in [2.05, 4.69) is 0 Å². The Morgan fingerprint density at radius 1 is 1.26 bits per heavy atom. The molecule has 2 rings (SSSR count). The standard InChI is InChI=1S/C13H9ClFNO3/c14-9-2-1-3-10(12(9)15)19-11-6-7(16)4-5-8(11)13(17)18/h1-6H,16H2,(H,17,18). The van der Waals surface area contributed by atoms with E-state index in [9.17, 15) is 9.18 Å². The average molecular weight is 282 g/mol. The number of nitrogen functional groups attached to an aromatic ring is 1. The number of rotatable bonds is 3. The van der Waals surface area contributed by atoms with E-state index in [4.69, 9.17) is 27.2 Å². The molecule has 0 aliphatic heterocycles. The molecule has 0 heterocycles. The van der Waals surface area contributed by atoms with Crippen LogP contribution in [0.5, 0.6) is 11.5 Å². The maximum Gasteiger partial charge on any atom is 0.339 e. The molecule has 0 amide bonds. The Labute approximate surface area is 113 Å². The van der Waals surface area contributed by atoms with Crippen molar-refractivity contribution in [3.63, 3.8) is 0 Å². The SMILES string of the molecule is Nc1ccc(C(=O)O)c(Oc2cccc(Cl)c2F)c1. The third kappa shape index (κ3) is 2.77. The van der Waals surface area contributed by atoms with Gasteiger partial charge >= 0.3 is 5.97 Å². The highest BCUT2D eigenvalue weighted by Gasteiger charge is 2.15. The number of hydrogen-bond acceptors (Lipinski definition) is 3. The van der Waals surface area contributed by atoms with Crippen molar-refractivity contribution < 1.29 is 19.0 Å². The Balaban J connectivity index is 2.45. The maximum absolute atomic E-state index is 13.7. The van der Waals surface area contributed by atoms with Crippen LogP contribution in [0.2, 0.25) is 5.02 Å². The van der Waals surface area contributed by atoms with Gasteiger partial charge in [-0.2, -0.15) is 0 Å². The van der Waals surface area contributed by atoms with Crippen LogP contribution >= 0.6 is 11.6 Å². The number of carbonyl (C=O) groups is 1. The van der Waals surface area contributed by atoms with Crippen LogP contribution < -0.4 is 10.5 Å². The molecule has 0 fully saturated rings. The van der Waals surface area contributed by atoms with E-state index in [-0.39, 0.29) is 22.1 Å². The second-order valence-electron chi connectivity index (χ2n) is 3.71. The lowest BCUT2D eigenvalue weighted by molar-refractivity contribution is 0.0694. The van der Waals surface area contributed by atoms with Crippen LogP contribution in [0.25, 0.3) is 0 Å². The summed E-state index contributed by atoms with van der Waals surface area (Å²) in [6, 6.07) is 8.22. The Bertz CT molecular complexity index is 646. The minimum Gasteiger partial charge on any atom is -0.478 e. The first-order chi connectivity index (χ1) is 8.99. The highest BCUT2D eigenvalue weighted by Crippen LogP contribution is 2.31. The van der Waals surface area contributed by atoms with Crippen molar-refractivity contribution in [3.05, 3.63) is 52.8 Å². The summed E-state index contributed by atoms with van der Waals surface area (Å²) in [4.78, 5) is 11.0. The molecule has 0 aromatic heterocycles. The van der Waals surface area contributed by atoms with E-state index in [0.717, 1.165) is 0 Å². The number of ether oxygens (including phenoxy) is 1. The fourth-order valence-corrected chi connectivity index (χ4v) is 1.65. The largest absolute Gasteiger partial charge is 0.478 e. The van der Waals surface area contributed by atoms with Crippen molar-refractivity contribution in [1.29, 1.82) is 0 Å². The first-order valence-corrected chi connectivity index (χ1v) is 5.61. The molecule has 0 saturated carbocycles. The summed E-state index contributed by atoms with van der Waals surface area (Å²) < 4.78 is 18.9. The molecule has 2 aromatic rings. The van der Waals surface area contributed by atoms with Crippen molar-refractivity contribution >= 4 is 23.3 Å². The number of nitrogens with two attached hydrogens (primary N) is 1. The molecule has 0 atom stereocenters. The summed E-state index contributed by atoms with van der Waals surface area (Å²) in [6.07, 6.45) is 0. The van der Waals surface area contributed by atoms with Crippen LogP contribution in [0.3, 0.4) is 0 Å². The summed E-state index contributed by atoms with van der Waals surface area (Å²) in [6.45, 7) is 0. The van der Waals surface area contributed by atoms with Crippen LogP contribution in [0, 0.1) is 5.82 Å². The first kappa shape index (κ1) is 13.2. The van der Waals surface area contributed by atoms with Gasteiger partial charge in [-0.1, -0.05) is 17.7 Å². The normalized spacial score (nSPS) is 10.2. The maximum atomic E-state index is 13.7. The van der Waals surface area contributed by atoms with Gasteiger partial charge in [0.1, 0.15) is 11.3 Å². The smallest absolute Gasteiger partial charge is 0.339 e. The number of anilines is 1. The van der Waals surface area contributed by atoms with Gasteiger partial charge in [0.05, 0.1) is 5.02 Å². The summed E-state index contributed by atoms with van der Waals surface area (Å²) in [5.74, 6) is -2.17. The molecule has 0 aliphatic carbocycles. The van der Waals surface area contributed by atoms with Gasteiger partial charge in [0.15, 0.2) is 11.6 Å². The van der Waals surface area contributed by atoms with Gasteiger partial charge in [-0.15, -0.1) is 0 Å². The van der Waals surface area contributed by atoms with Crippen molar-refractivity contribution in [1.82, 2.24) is 0 Å². The van der Waals surface area contributed by atoms with E-state index >= 15 is 0 Å². The predicted octanol–water partition coefficient (Wildman–Crippen LogP) is 3.55. The predicted molar refractivity (Wildman–Crippen MR) is 69.3 cm³/mol. The zero-order valence-corrected chi connectivity index (χ0v) is 10.3. The van der Waals surface area contributed by atoms with Crippen LogP contribution in [0.1, 0.15) is 10.4 Å². The monoisotopic (exact) mass is 281 g/mol. The Morgan fingerprint density at radius 2 is 2.00 bits per heavy atom. The van der Waals surface area contributed by atoms with Gasteiger partial charge in [-0.25, -0.2) is 9.18 Å². The van der Waals surface area contributed by atoms with E-state index in [0.29, 0.717) is 5.69 Å². The quantitative estimate of drug-likeness (QED) is 0.844. The lowest BCUT2D eigenvalue weighted by atomic mass is 10.2. The third-order valence-corrected chi connectivity index (χ3v) is 2.66. The summed E-state index contributed by atoms with van der Waals surface area (Å²) >= 11 is 5.62. The van der Waals surface area contributed by atoms with E-state index in [1.165, 1.54) is 36.4 Å². The Kier molecular flexibility index (Phi) is 3.57. The molecule has 6 heteroatoms. The molecule has 4 nitrogen and oxygen atoms in total. The Hall–Kier alpha value is -2.27. The molecule has 98 valence electrons. The second kappa shape index (κ2) is 5.16. The zero-order valence-electron chi connectivity index (χ0n) is 9.56. The minimum absolute atomic E-state index is 0.0475. The van der Waals surface area contributed by atoms with E-state index in [1.807, 2.05) is 0 Å². The minimum atomic E-state index is -1.20. The zero-order chi connectivity index (χ0) is 14.0. The molecule has 0 unspecified atom stereocenters. The highest BCUT2D eigenvalue weighted by atomic mass is 35.5. The summed E-state index contributed by atoms with van der Waals surface area (Å²) in [5.41, 5.74) is 5.75. The molecular weight excluding hydrogens is 273 g/mol. The van der Waals surface area contributed by atoms with Crippen molar-refractivity contribution in [3.8, 4) is 11.5 Å². The fraction of sp³-hybridized carbons (Fsp3) is 0. The molecule has 0 saturated heterocycles. The molecule has 0 radical (unpaired) electrons. The van der Waals surface area contributed by atoms with Gasteiger partial charge < -0.3 is 15.6 Å². The molecule has 2 aromatic carbocycles. The number of carboxylic acid groups (broad SMARTS) is 1. The first-order valence-electron chi connectivity index (χ1n) is 5.23. The van der Waals surface area contributed by atoms with Crippen LogP contribution in [0.15, 0.2) is 36.4 Å². The topological polar surface area (TPSA) is 72.6 Å². The molecular formula is C13H9ClFNO3. The van der Waals surface area contributed by atoms with Crippen molar-refractivity contribution in [2.24, 2.45) is 0 Å². The third-order valence-electron chi connectivity index (χ3n) is 2.37. The Morgan fingerprint density at radius 3 is 2.68 bits per heavy atom. The number of halogens is 2. The molecule has 0 aliphatic rings. The molecule has 0 spiro atoms. The van der Waals surface area contributed by atoms with Crippen LogP contribution in [-0.4, -0.2) is 11.1 Å². The number of aromatic carboxylic acids is 1. The van der Waals surface area contributed by atoms with Crippen LogP contribution in [-0.2, 0) is 0 Å². The molecule has 0 bridgehead atoms. The summed E-state index contributed by atoms with van der Waals surface area (Å²) in [7, 11) is 0. The van der Waals surface area contributed by atoms with Gasteiger partial charge in [0, 0.05) is 11.8 Å². The van der Waals surface area contributed by atoms with Gasteiger partial charge in [0.25, 0.3) is 0 Å². The van der Waals surface area contributed by atoms with Gasteiger partial charge in [-0.05, 0) is 24.3 Å². The second-order valence-corrected chi connectivity index (χ2v) is 4.12. The summed E-state index contributed by atoms with van der Waals surface area (Å²) in [5, 5.41) is 8.91. The van der Waals surface area contributed by atoms with Crippen molar-refractivity contribution in [2.75, 3.05) is 5.73 Å². The molecule has 19 heavy (non-hydrogen) atoms. The lowest BCUT2D eigenvalue weighted by Gasteiger charge is -2.10. The van der Waals surface area contributed by atoms with E-state index < -0.39 is 11.8 Å². The van der Waals surface area contributed by atoms with Gasteiger partial charge in [-0.3, -0.25) is 0 Å². The van der Waals surface area contributed by atoms with Gasteiger partial charge in [0.2, 0.25) is 0 Å². The highest BCUT2D eigenvalue weighted by molar-refractivity contribution is 6.30. The van der Waals surface area contributed by atoms with Crippen LogP contribution in [0.4, 0.5) is 10.1 Å². The molecule has 3 N–H and O–H groups in total. The van der Waals surface area contributed by atoms with Crippen molar-refractivity contribution in [2.45, 2.75) is 0 Å². The number of carboxylic acids is 1. The fourth-order valence-electron chi connectivity index (χ4n) is 1.48.